The van der Waals surface area contributed by atoms with Crippen molar-refractivity contribution in [3.63, 3.8) is 0 Å². The van der Waals surface area contributed by atoms with Crippen LogP contribution in [0, 0.1) is 0 Å². The summed E-state index contributed by atoms with van der Waals surface area (Å²) < 4.78 is 7.27. The molecule has 5 nitrogen and oxygen atoms in total. The van der Waals surface area contributed by atoms with Crippen LogP contribution < -0.4 is 10.5 Å². The number of ether oxygens (including phenoxy) is 1. The van der Waals surface area contributed by atoms with Crippen LogP contribution in [0.3, 0.4) is 0 Å². The highest BCUT2D eigenvalue weighted by atomic mass is 16.5. The van der Waals surface area contributed by atoms with Crippen molar-refractivity contribution < 1.29 is 4.74 Å². The number of rotatable bonds is 5. The average molecular weight is 232 g/mol. The molecule has 0 unspecified atom stereocenters. The predicted octanol–water partition coefficient (Wildman–Crippen LogP) is 0.988. The highest BCUT2D eigenvalue weighted by molar-refractivity contribution is 5.33. The van der Waals surface area contributed by atoms with Crippen molar-refractivity contribution in [2.75, 3.05) is 7.11 Å². The van der Waals surface area contributed by atoms with Crippen LogP contribution in [-0.2, 0) is 19.5 Å². The van der Waals surface area contributed by atoms with Gasteiger partial charge < -0.3 is 15.0 Å². The maximum absolute atomic E-state index is 5.57. The molecule has 2 rings (SSSR count). The van der Waals surface area contributed by atoms with E-state index in [0.717, 1.165) is 24.5 Å². The molecule has 0 saturated carbocycles. The first-order valence-corrected chi connectivity index (χ1v) is 5.53. The summed E-state index contributed by atoms with van der Waals surface area (Å²) in [5, 5.41) is 7.80. The summed E-state index contributed by atoms with van der Waals surface area (Å²) in [6, 6.07) is 8.00. The van der Waals surface area contributed by atoms with Crippen molar-refractivity contribution >= 4 is 0 Å². The number of nitrogens with zero attached hydrogens (tertiary/aromatic N) is 3. The standard InChI is InChI=1S/C12H16N4O/c1-17-11-5-3-2-4-10(11)6-7-16-9-14-15-12(16)8-13/h2-5,9H,6-8,13H2,1H3. The summed E-state index contributed by atoms with van der Waals surface area (Å²) in [7, 11) is 1.68. The van der Waals surface area contributed by atoms with Crippen molar-refractivity contribution in [3.8, 4) is 5.75 Å². The lowest BCUT2D eigenvalue weighted by Crippen LogP contribution is -2.09. The summed E-state index contributed by atoms with van der Waals surface area (Å²) in [6.45, 7) is 1.21. The number of nitrogens with two attached hydrogens (primary N) is 1. The number of hydrogen-bond acceptors (Lipinski definition) is 4. The minimum atomic E-state index is 0.409. The van der Waals surface area contributed by atoms with Gasteiger partial charge in [0.2, 0.25) is 0 Å². The Balaban J connectivity index is 2.07. The van der Waals surface area contributed by atoms with Crippen LogP contribution in [0.1, 0.15) is 11.4 Å². The fraction of sp³-hybridized carbons (Fsp3) is 0.333. The average Bonchev–Trinajstić information content (AvgIpc) is 2.84. The Morgan fingerprint density at radius 3 is 2.94 bits per heavy atom. The molecule has 1 aromatic carbocycles. The monoisotopic (exact) mass is 232 g/mol. The van der Waals surface area contributed by atoms with Crippen LogP contribution in [0.4, 0.5) is 0 Å². The number of hydrogen-bond donors (Lipinski definition) is 1. The van der Waals surface area contributed by atoms with E-state index in [0.29, 0.717) is 6.54 Å². The van der Waals surface area contributed by atoms with Gasteiger partial charge in [-0.05, 0) is 18.1 Å². The zero-order valence-corrected chi connectivity index (χ0v) is 9.84. The molecule has 0 spiro atoms. The Hall–Kier alpha value is -1.88. The maximum atomic E-state index is 5.57. The molecule has 0 aliphatic carbocycles. The largest absolute Gasteiger partial charge is 0.496 e. The fourth-order valence-corrected chi connectivity index (χ4v) is 1.77. The van der Waals surface area contributed by atoms with Crippen LogP contribution >= 0.6 is 0 Å². The molecule has 0 radical (unpaired) electrons. The van der Waals surface area contributed by atoms with Gasteiger partial charge in [0, 0.05) is 6.54 Å². The van der Waals surface area contributed by atoms with E-state index in [2.05, 4.69) is 16.3 Å². The van der Waals surface area contributed by atoms with Gasteiger partial charge in [-0.3, -0.25) is 0 Å². The molecule has 0 aliphatic rings. The Morgan fingerprint density at radius 2 is 2.18 bits per heavy atom. The number of para-hydroxylation sites is 1. The summed E-state index contributed by atoms with van der Waals surface area (Å²) in [5.41, 5.74) is 6.74. The first kappa shape index (κ1) is 11.6. The van der Waals surface area contributed by atoms with Crippen LogP contribution in [0.2, 0.25) is 0 Å². The molecule has 0 saturated heterocycles. The Morgan fingerprint density at radius 1 is 1.35 bits per heavy atom. The van der Waals surface area contributed by atoms with Gasteiger partial charge in [0.1, 0.15) is 17.9 Å². The number of methoxy groups -OCH3 is 1. The molecule has 0 bridgehead atoms. The van der Waals surface area contributed by atoms with E-state index < -0.39 is 0 Å². The Kier molecular flexibility index (Phi) is 3.72. The van der Waals surface area contributed by atoms with Gasteiger partial charge in [-0.1, -0.05) is 18.2 Å². The second-order valence-electron chi connectivity index (χ2n) is 3.71. The minimum absolute atomic E-state index is 0.409. The molecule has 90 valence electrons. The highest BCUT2D eigenvalue weighted by Gasteiger charge is 2.05. The van der Waals surface area contributed by atoms with Crippen LogP contribution in [0.5, 0.6) is 5.75 Å². The van der Waals surface area contributed by atoms with Crippen molar-refractivity contribution in [3.05, 3.63) is 42.0 Å². The fourth-order valence-electron chi connectivity index (χ4n) is 1.77. The number of benzene rings is 1. The Labute approximate surface area is 100 Å². The topological polar surface area (TPSA) is 66.0 Å². The molecule has 2 N–H and O–H groups in total. The minimum Gasteiger partial charge on any atom is -0.496 e. The lowest BCUT2D eigenvalue weighted by Gasteiger charge is -2.09. The van der Waals surface area contributed by atoms with Crippen LogP contribution in [-0.4, -0.2) is 21.9 Å². The molecule has 17 heavy (non-hydrogen) atoms. The van der Waals surface area contributed by atoms with Gasteiger partial charge in [-0.25, -0.2) is 0 Å². The zero-order valence-electron chi connectivity index (χ0n) is 9.84. The van der Waals surface area contributed by atoms with Gasteiger partial charge >= 0.3 is 0 Å². The van der Waals surface area contributed by atoms with E-state index in [1.165, 1.54) is 5.56 Å². The lowest BCUT2D eigenvalue weighted by molar-refractivity contribution is 0.408. The SMILES string of the molecule is COc1ccccc1CCn1cnnc1CN. The molecule has 0 amide bonds. The second kappa shape index (κ2) is 5.45. The van der Waals surface area contributed by atoms with Crippen LogP contribution in [0.15, 0.2) is 30.6 Å². The Bertz CT molecular complexity index is 481. The van der Waals surface area contributed by atoms with E-state index in [9.17, 15) is 0 Å². The molecule has 1 aromatic heterocycles. The third-order valence-electron chi connectivity index (χ3n) is 2.69. The summed E-state index contributed by atoms with van der Waals surface area (Å²) in [5.74, 6) is 1.72. The lowest BCUT2D eigenvalue weighted by atomic mass is 10.1. The van der Waals surface area contributed by atoms with E-state index in [1.54, 1.807) is 13.4 Å². The molecule has 0 atom stereocenters. The van der Waals surface area contributed by atoms with E-state index in [-0.39, 0.29) is 0 Å². The zero-order chi connectivity index (χ0) is 12.1. The first-order valence-electron chi connectivity index (χ1n) is 5.53. The van der Waals surface area contributed by atoms with E-state index in [1.807, 2.05) is 22.8 Å². The van der Waals surface area contributed by atoms with Crippen molar-refractivity contribution in [1.29, 1.82) is 0 Å². The smallest absolute Gasteiger partial charge is 0.146 e. The molecule has 0 aliphatic heterocycles. The quantitative estimate of drug-likeness (QED) is 0.834. The number of aryl methyl sites for hydroxylation is 2. The van der Waals surface area contributed by atoms with Gasteiger partial charge in [0.25, 0.3) is 0 Å². The molecule has 1 heterocycles. The van der Waals surface area contributed by atoms with E-state index in [4.69, 9.17) is 10.5 Å². The molecule has 0 fully saturated rings. The maximum Gasteiger partial charge on any atom is 0.146 e. The molecule has 2 aromatic rings. The number of aromatic nitrogens is 3. The predicted molar refractivity (Wildman–Crippen MR) is 64.6 cm³/mol. The second-order valence-corrected chi connectivity index (χ2v) is 3.71. The van der Waals surface area contributed by atoms with Gasteiger partial charge in [0.15, 0.2) is 0 Å². The van der Waals surface area contributed by atoms with E-state index >= 15 is 0 Å². The molecule has 5 heteroatoms. The summed E-state index contributed by atoms with van der Waals surface area (Å²) >= 11 is 0. The summed E-state index contributed by atoms with van der Waals surface area (Å²) in [4.78, 5) is 0. The van der Waals surface area contributed by atoms with Crippen molar-refractivity contribution in [2.45, 2.75) is 19.5 Å². The van der Waals surface area contributed by atoms with Gasteiger partial charge in [0.05, 0.1) is 13.7 Å². The highest BCUT2D eigenvalue weighted by Crippen LogP contribution is 2.18. The van der Waals surface area contributed by atoms with Gasteiger partial charge in [-0.2, -0.15) is 0 Å². The third-order valence-corrected chi connectivity index (χ3v) is 2.69. The summed E-state index contributed by atoms with van der Waals surface area (Å²) in [6.07, 6.45) is 2.58. The van der Waals surface area contributed by atoms with Crippen LogP contribution in [0.25, 0.3) is 0 Å². The van der Waals surface area contributed by atoms with Gasteiger partial charge in [-0.15, -0.1) is 10.2 Å². The van der Waals surface area contributed by atoms with Crippen molar-refractivity contribution in [2.24, 2.45) is 5.73 Å². The molecular weight excluding hydrogens is 216 g/mol. The first-order chi connectivity index (χ1) is 8.35. The normalized spacial score (nSPS) is 10.5. The molecular formula is C12H16N4O. The van der Waals surface area contributed by atoms with Crippen molar-refractivity contribution in [1.82, 2.24) is 14.8 Å². The third kappa shape index (κ3) is 2.62.